The van der Waals surface area contributed by atoms with Crippen molar-refractivity contribution in [1.82, 2.24) is 10.2 Å². The Labute approximate surface area is 166 Å². The predicted molar refractivity (Wildman–Crippen MR) is 108 cm³/mol. The molecule has 7 nitrogen and oxygen atoms in total. The molecule has 1 aliphatic heterocycles. The van der Waals surface area contributed by atoms with E-state index in [2.05, 4.69) is 29.4 Å². The second-order valence-electron chi connectivity index (χ2n) is 6.30. The van der Waals surface area contributed by atoms with Gasteiger partial charge in [0.15, 0.2) is 4.34 Å². The van der Waals surface area contributed by atoms with E-state index in [-0.39, 0.29) is 18.2 Å². The summed E-state index contributed by atoms with van der Waals surface area (Å²) in [5.74, 6) is 0.0531. The zero-order valence-electron chi connectivity index (χ0n) is 15.5. The number of ether oxygens (including phenoxy) is 1. The van der Waals surface area contributed by atoms with Gasteiger partial charge in [-0.1, -0.05) is 36.9 Å². The van der Waals surface area contributed by atoms with Gasteiger partial charge in [-0.2, -0.15) is 0 Å². The highest BCUT2D eigenvalue weighted by Crippen LogP contribution is 2.31. The number of methoxy groups -OCH3 is 1. The Kier molecular flexibility index (Phi) is 6.33. The van der Waals surface area contributed by atoms with E-state index in [0.717, 1.165) is 22.2 Å². The average Bonchev–Trinajstić information content (AvgIpc) is 3.28. The maximum Gasteiger partial charge on any atom is 0.231 e. The fourth-order valence-corrected chi connectivity index (χ4v) is 4.67. The number of aromatic nitrogens is 2. The van der Waals surface area contributed by atoms with Crippen LogP contribution in [0.5, 0.6) is 5.75 Å². The summed E-state index contributed by atoms with van der Waals surface area (Å²) < 4.78 is 5.97. The van der Waals surface area contributed by atoms with Gasteiger partial charge in [-0.15, -0.1) is 10.2 Å². The zero-order valence-corrected chi connectivity index (χ0v) is 17.1. The van der Waals surface area contributed by atoms with E-state index >= 15 is 0 Å². The molecule has 3 rings (SSSR count). The van der Waals surface area contributed by atoms with Crippen LogP contribution >= 0.6 is 23.1 Å². The Morgan fingerprint density at radius 1 is 1.41 bits per heavy atom. The summed E-state index contributed by atoms with van der Waals surface area (Å²) in [6.45, 7) is 4.60. The molecule has 0 unspecified atom stereocenters. The first-order chi connectivity index (χ1) is 13.0. The molecule has 9 heteroatoms. The quantitative estimate of drug-likeness (QED) is 0.560. The van der Waals surface area contributed by atoms with Gasteiger partial charge in [-0.05, 0) is 30.7 Å². The zero-order chi connectivity index (χ0) is 19.4. The molecule has 0 radical (unpaired) electrons. The lowest BCUT2D eigenvalue weighted by atomic mass is 10.1. The third kappa shape index (κ3) is 4.78. The Morgan fingerprint density at radius 3 is 2.81 bits per heavy atom. The number of nitrogens with one attached hydrogen (secondary N) is 1. The van der Waals surface area contributed by atoms with Gasteiger partial charge in [0.2, 0.25) is 16.9 Å². The van der Waals surface area contributed by atoms with E-state index in [4.69, 9.17) is 4.74 Å². The molecular weight excluding hydrogens is 384 g/mol. The molecule has 2 heterocycles. The van der Waals surface area contributed by atoms with E-state index in [1.165, 1.54) is 11.3 Å². The van der Waals surface area contributed by atoms with Crippen LogP contribution in [0.3, 0.4) is 0 Å². The van der Waals surface area contributed by atoms with Crippen molar-refractivity contribution >= 4 is 45.7 Å². The van der Waals surface area contributed by atoms with Crippen molar-refractivity contribution < 1.29 is 14.3 Å². The highest BCUT2D eigenvalue weighted by Gasteiger charge is 2.35. The van der Waals surface area contributed by atoms with Crippen molar-refractivity contribution in [2.75, 3.05) is 23.9 Å². The minimum absolute atomic E-state index is 0.0643. The molecule has 2 atom stereocenters. The third-order valence-corrected chi connectivity index (χ3v) is 6.58. The Hall–Kier alpha value is -2.13. The van der Waals surface area contributed by atoms with Crippen LogP contribution < -0.4 is 15.0 Å². The minimum atomic E-state index is -0.408. The highest BCUT2D eigenvalue weighted by atomic mass is 32.2. The molecule has 0 aliphatic carbocycles. The first kappa shape index (κ1) is 19.6. The molecule has 0 bridgehead atoms. The van der Waals surface area contributed by atoms with Gasteiger partial charge in [0.25, 0.3) is 0 Å². The lowest BCUT2D eigenvalue weighted by molar-refractivity contribution is -0.122. The van der Waals surface area contributed by atoms with Gasteiger partial charge < -0.3 is 15.0 Å². The maximum atomic E-state index is 12.5. The molecule has 1 aromatic carbocycles. The second-order valence-corrected chi connectivity index (χ2v) is 8.97. The van der Waals surface area contributed by atoms with Crippen LogP contribution in [0.25, 0.3) is 0 Å². The van der Waals surface area contributed by atoms with Crippen molar-refractivity contribution in [2.24, 2.45) is 5.92 Å². The lowest BCUT2D eigenvalue weighted by Crippen LogP contribution is -2.28. The molecule has 2 aromatic rings. The largest absolute Gasteiger partial charge is 0.497 e. The van der Waals surface area contributed by atoms with Gasteiger partial charge in [-0.25, -0.2) is 0 Å². The van der Waals surface area contributed by atoms with E-state index in [0.29, 0.717) is 16.9 Å². The topological polar surface area (TPSA) is 84.4 Å². The number of benzene rings is 1. The standard InChI is InChI=1S/C18H22N4O3S2/c1-4-11(2)26-18-21-20-17(27-18)19-16(24)12-9-15(23)22(10-12)13-5-7-14(25-3)8-6-13/h5-8,11-12H,4,9-10H2,1-3H3,(H,19,20,24)/t11-,12-/m1/s1. The van der Waals surface area contributed by atoms with Crippen molar-refractivity contribution in [2.45, 2.75) is 36.3 Å². The normalized spacial score (nSPS) is 17.8. The van der Waals surface area contributed by atoms with E-state index in [1.807, 2.05) is 12.1 Å². The third-order valence-electron chi connectivity index (χ3n) is 4.39. The van der Waals surface area contributed by atoms with Gasteiger partial charge in [-0.3, -0.25) is 9.59 Å². The summed E-state index contributed by atoms with van der Waals surface area (Å²) in [6, 6.07) is 7.24. The lowest BCUT2D eigenvalue weighted by Gasteiger charge is -2.16. The summed E-state index contributed by atoms with van der Waals surface area (Å²) in [5, 5.41) is 11.9. The van der Waals surface area contributed by atoms with Crippen molar-refractivity contribution in [3.63, 3.8) is 0 Å². The first-order valence-electron chi connectivity index (χ1n) is 8.75. The van der Waals surface area contributed by atoms with Gasteiger partial charge >= 0.3 is 0 Å². The van der Waals surface area contributed by atoms with E-state index < -0.39 is 5.92 Å². The van der Waals surface area contributed by atoms with E-state index in [9.17, 15) is 9.59 Å². The molecule has 1 saturated heterocycles. The molecule has 1 N–H and O–H groups in total. The van der Waals surface area contributed by atoms with Crippen molar-refractivity contribution in [3.05, 3.63) is 24.3 Å². The minimum Gasteiger partial charge on any atom is -0.497 e. The van der Waals surface area contributed by atoms with Crippen LogP contribution in [0.4, 0.5) is 10.8 Å². The monoisotopic (exact) mass is 406 g/mol. The number of hydrogen-bond donors (Lipinski definition) is 1. The number of anilines is 2. The fraction of sp³-hybridized carbons (Fsp3) is 0.444. The molecule has 1 aliphatic rings. The van der Waals surface area contributed by atoms with Gasteiger partial charge in [0.1, 0.15) is 5.75 Å². The second kappa shape index (κ2) is 8.71. The summed E-state index contributed by atoms with van der Waals surface area (Å²) in [6.07, 6.45) is 1.22. The fourth-order valence-electron chi connectivity index (χ4n) is 2.67. The number of hydrogen-bond acceptors (Lipinski definition) is 7. The van der Waals surface area contributed by atoms with Crippen molar-refractivity contribution in [1.29, 1.82) is 0 Å². The van der Waals surface area contributed by atoms with Crippen LogP contribution in [0.15, 0.2) is 28.6 Å². The molecular formula is C18H22N4O3S2. The molecule has 1 aromatic heterocycles. The molecule has 1 fully saturated rings. The van der Waals surface area contributed by atoms with Crippen LogP contribution in [-0.4, -0.2) is 40.9 Å². The van der Waals surface area contributed by atoms with Gasteiger partial charge in [0.05, 0.1) is 13.0 Å². The number of amides is 2. The summed E-state index contributed by atoms with van der Waals surface area (Å²) >= 11 is 3.01. The highest BCUT2D eigenvalue weighted by molar-refractivity contribution is 8.01. The number of carbonyl (C=O) groups is 2. The van der Waals surface area contributed by atoms with Gasteiger partial charge in [0, 0.05) is 23.9 Å². The summed E-state index contributed by atoms with van der Waals surface area (Å²) in [5.41, 5.74) is 0.763. The maximum absolute atomic E-state index is 12.5. The number of nitrogens with zero attached hydrogens (tertiary/aromatic N) is 3. The van der Waals surface area contributed by atoms with Crippen LogP contribution in [0, 0.1) is 5.92 Å². The molecule has 0 spiro atoms. The Morgan fingerprint density at radius 2 is 2.15 bits per heavy atom. The molecule has 144 valence electrons. The first-order valence-corrected chi connectivity index (χ1v) is 10.4. The summed E-state index contributed by atoms with van der Waals surface area (Å²) in [4.78, 5) is 26.5. The van der Waals surface area contributed by atoms with Crippen LogP contribution in [0.2, 0.25) is 0 Å². The SMILES string of the molecule is CC[C@@H](C)Sc1nnc(NC(=O)[C@@H]2CC(=O)N(c3ccc(OC)cc3)C2)s1. The summed E-state index contributed by atoms with van der Waals surface area (Å²) in [7, 11) is 1.59. The predicted octanol–water partition coefficient (Wildman–Crippen LogP) is 3.43. The molecule has 27 heavy (non-hydrogen) atoms. The smallest absolute Gasteiger partial charge is 0.231 e. The van der Waals surface area contributed by atoms with Crippen molar-refractivity contribution in [3.8, 4) is 5.75 Å². The number of thioether (sulfide) groups is 1. The van der Waals surface area contributed by atoms with Crippen LogP contribution in [-0.2, 0) is 9.59 Å². The average molecular weight is 407 g/mol. The number of rotatable bonds is 7. The van der Waals surface area contributed by atoms with E-state index in [1.54, 1.807) is 35.9 Å². The Bertz CT molecular complexity index is 809. The Balaban J connectivity index is 1.60. The molecule has 2 amide bonds. The number of carbonyl (C=O) groups excluding carboxylic acids is 2. The van der Waals surface area contributed by atoms with Crippen LogP contribution in [0.1, 0.15) is 26.7 Å². The molecule has 0 saturated carbocycles.